The number of piperazine rings is 1. The van der Waals surface area contributed by atoms with Crippen molar-refractivity contribution in [1.29, 1.82) is 0 Å². The lowest BCUT2D eigenvalue weighted by molar-refractivity contribution is -0.930. The van der Waals surface area contributed by atoms with E-state index in [1.54, 1.807) is 13.0 Å². The van der Waals surface area contributed by atoms with Gasteiger partial charge in [-0.2, -0.15) is 0 Å². The van der Waals surface area contributed by atoms with E-state index in [1.165, 1.54) is 38.8 Å². The van der Waals surface area contributed by atoms with Gasteiger partial charge in [0.05, 0.1) is 57.6 Å². The van der Waals surface area contributed by atoms with Gasteiger partial charge in [-0.1, -0.05) is 58.9 Å². The highest BCUT2D eigenvalue weighted by atomic mass is 16.6. The smallest absolute Gasteiger partial charge is 0.410 e. The fraction of sp³-hybridized carbons (Fsp3) is 0.800. The van der Waals surface area contributed by atoms with Crippen LogP contribution in [-0.2, 0) is 19.0 Å². The quantitative estimate of drug-likeness (QED) is 0.0928. The Bertz CT molecular complexity index is 1160. The van der Waals surface area contributed by atoms with Crippen molar-refractivity contribution < 1.29 is 38.5 Å². The Morgan fingerprint density at radius 1 is 1.12 bits per heavy atom. The molecule has 0 unspecified atom stereocenters. The maximum atomic E-state index is 13.5. The first-order valence-corrected chi connectivity index (χ1v) is 19.3. The molecular weight excluding hydrogens is 620 g/mol. The minimum atomic E-state index is -1.28. The number of ether oxygens (including phenoxy) is 3. The molecule has 1 amide bonds. The molecule has 0 aliphatic carbocycles. The Hall–Kier alpha value is -2.20. The van der Waals surface area contributed by atoms with Crippen LogP contribution >= 0.6 is 0 Å². The van der Waals surface area contributed by atoms with Crippen LogP contribution in [0.1, 0.15) is 106 Å². The fourth-order valence-corrected chi connectivity index (χ4v) is 8.02. The number of carbonyl (C=O) groups is 2. The molecule has 0 aromatic carbocycles. The zero-order chi connectivity index (χ0) is 35.8. The van der Waals surface area contributed by atoms with Crippen molar-refractivity contribution in [3.05, 3.63) is 36.0 Å². The number of carbonyl (C=O) groups excluding carboxylic acids is 2. The zero-order valence-electron chi connectivity index (χ0n) is 31.5. The van der Waals surface area contributed by atoms with E-state index in [0.717, 1.165) is 36.0 Å². The number of nitrogens with zero attached hydrogens (tertiary/aromatic N) is 2. The summed E-state index contributed by atoms with van der Waals surface area (Å²) in [5.41, 5.74) is -0.369. The summed E-state index contributed by atoms with van der Waals surface area (Å²) in [5, 5.41) is 21.8. The molecular formula is C40H67N2O7+. The first-order chi connectivity index (χ1) is 23.2. The van der Waals surface area contributed by atoms with Gasteiger partial charge in [0.1, 0.15) is 11.7 Å². The van der Waals surface area contributed by atoms with Crippen LogP contribution in [0.25, 0.3) is 0 Å². The molecule has 0 aromatic heterocycles. The normalized spacial score (nSPS) is 35.7. The van der Waals surface area contributed by atoms with Crippen LogP contribution in [0.4, 0.5) is 4.79 Å². The molecule has 4 aliphatic heterocycles. The molecule has 10 atom stereocenters. The number of amides is 1. The average Bonchev–Trinajstić information content (AvgIpc) is 3.87. The average molecular weight is 688 g/mol. The second kappa shape index (κ2) is 17.8. The van der Waals surface area contributed by atoms with Gasteiger partial charge in [-0.05, 0) is 88.7 Å². The standard InChI is InChI=1S/C40H67N2O7/c1-8-33(43)32(6)38-34(47-38)26-28(2)14-13-15-30(4)37-31(5)16-17-35(40(7,46)19-18-29(3)27-36(44)49-37)48-39(45)41-20-24-42(25-21-41)22-11-9-10-12-23-42/h13-17,28-29,31-35,37-38,43,46H,8-12,18-27H2,1-7H3/q+1/b14-13+,17-16+,30-15+/t28-,29-,31+,32-,33+,34-,35+,37-,38-,40-/m1/s1. The number of cyclic esters (lactones) is 1. The van der Waals surface area contributed by atoms with Gasteiger partial charge in [0.25, 0.3) is 0 Å². The predicted octanol–water partition coefficient (Wildman–Crippen LogP) is 6.58. The van der Waals surface area contributed by atoms with Crippen LogP contribution in [0, 0.1) is 23.7 Å². The molecule has 0 aromatic rings. The van der Waals surface area contributed by atoms with E-state index in [4.69, 9.17) is 14.2 Å². The number of aliphatic hydroxyl groups is 2. The lowest BCUT2D eigenvalue weighted by Gasteiger charge is -2.44. The van der Waals surface area contributed by atoms with Gasteiger partial charge in [0, 0.05) is 18.3 Å². The number of esters is 1. The third-order valence-corrected chi connectivity index (χ3v) is 11.8. The summed E-state index contributed by atoms with van der Waals surface area (Å²) >= 11 is 0. The van der Waals surface area contributed by atoms with E-state index < -0.39 is 17.8 Å². The molecule has 0 bridgehead atoms. The second-order valence-corrected chi connectivity index (χ2v) is 16.3. The van der Waals surface area contributed by atoms with Crippen LogP contribution in [0.5, 0.6) is 0 Å². The topological polar surface area (TPSA) is 109 Å². The molecule has 49 heavy (non-hydrogen) atoms. The van der Waals surface area contributed by atoms with Crippen molar-refractivity contribution in [2.75, 3.05) is 39.3 Å². The molecule has 0 radical (unpaired) electrons. The fourth-order valence-electron chi connectivity index (χ4n) is 8.02. The third kappa shape index (κ3) is 11.4. The van der Waals surface area contributed by atoms with Crippen molar-refractivity contribution in [3.8, 4) is 0 Å². The largest absolute Gasteiger partial charge is 0.457 e. The van der Waals surface area contributed by atoms with Gasteiger partial charge in [-0.3, -0.25) is 9.69 Å². The minimum absolute atomic E-state index is 0.00461. The van der Waals surface area contributed by atoms with Gasteiger partial charge >= 0.3 is 12.1 Å². The number of hydrogen-bond acceptors (Lipinski definition) is 7. The van der Waals surface area contributed by atoms with Gasteiger partial charge in [0.15, 0.2) is 6.10 Å². The molecule has 278 valence electrons. The number of epoxide rings is 1. The Labute approximate surface area is 296 Å². The Balaban J connectivity index is 1.41. The van der Waals surface area contributed by atoms with Gasteiger partial charge < -0.3 is 28.9 Å². The van der Waals surface area contributed by atoms with E-state index in [2.05, 4.69) is 19.9 Å². The molecule has 9 heteroatoms. The summed E-state index contributed by atoms with van der Waals surface area (Å²) in [5.74, 6) is -0.0366. The number of aliphatic hydroxyl groups excluding tert-OH is 1. The first kappa shape index (κ1) is 39.6. The lowest BCUT2D eigenvalue weighted by Crippen LogP contribution is -2.61. The summed E-state index contributed by atoms with van der Waals surface area (Å²) in [6, 6.07) is 0. The van der Waals surface area contributed by atoms with E-state index in [9.17, 15) is 19.8 Å². The lowest BCUT2D eigenvalue weighted by atomic mass is 9.87. The molecule has 3 saturated heterocycles. The Morgan fingerprint density at radius 3 is 2.45 bits per heavy atom. The predicted molar refractivity (Wildman–Crippen MR) is 193 cm³/mol. The molecule has 4 aliphatic rings. The third-order valence-electron chi connectivity index (χ3n) is 11.8. The van der Waals surface area contributed by atoms with E-state index in [-0.39, 0.29) is 60.5 Å². The Kier molecular flexibility index (Phi) is 14.4. The summed E-state index contributed by atoms with van der Waals surface area (Å²) in [7, 11) is 0. The molecule has 3 fully saturated rings. The van der Waals surface area contributed by atoms with Crippen LogP contribution in [0.2, 0.25) is 0 Å². The maximum Gasteiger partial charge on any atom is 0.410 e. The minimum Gasteiger partial charge on any atom is -0.457 e. The number of rotatable bonds is 9. The maximum absolute atomic E-state index is 13.5. The van der Waals surface area contributed by atoms with Crippen LogP contribution in [0.3, 0.4) is 0 Å². The highest BCUT2D eigenvalue weighted by Gasteiger charge is 2.45. The summed E-state index contributed by atoms with van der Waals surface area (Å²) in [6.07, 6.45) is 16.2. The zero-order valence-corrected chi connectivity index (χ0v) is 31.5. The Morgan fingerprint density at radius 2 is 1.80 bits per heavy atom. The van der Waals surface area contributed by atoms with E-state index in [1.807, 2.05) is 50.8 Å². The van der Waals surface area contributed by atoms with Crippen LogP contribution < -0.4 is 0 Å². The van der Waals surface area contributed by atoms with Crippen LogP contribution in [-0.4, -0.2) is 107 Å². The summed E-state index contributed by atoms with van der Waals surface area (Å²) in [4.78, 5) is 28.4. The number of allylic oxidation sites excluding steroid dienone is 3. The molecule has 2 N–H and O–H groups in total. The van der Waals surface area contributed by atoms with Crippen molar-refractivity contribution in [2.24, 2.45) is 23.7 Å². The summed E-state index contributed by atoms with van der Waals surface area (Å²) < 4.78 is 19.2. The molecule has 4 heterocycles. The van der Waals surface area contributed by atoms with Crippen LogP contribution in [0.15, 0.2) is 36.0 Å². The van der Waals surface area contributed by atoms with Crippen molar-refractivity contribution >= 4 is 12.1 Å². The van der Waals surface area contributed by atoms with Gasteiger partial charge in [-0.25, -0.2) is 4.79 Å². The molecule has 0 saturated carbocycles. The van der Waals surface area contributed by atoms with Crippen molar-refractivity contribution in [3.63, 3.8) is 0 Å². The summed E-state index contributed by atoms with van der Waals surface area (Å²) in [6.45, 7) is 19.6. The second-order valence-electron chi connectivity index (χ2n) is 16.3. The van der Waals surface area contributed by atoms with E-state index >= 15 is 0 Å². The van der Waals surface area contributed by atoms with Crippen molar-refractivity contribution in [2.45, 2.75) is 142 Å². The molecule has 1 spiro atoms. The SMILES string of the molecule is CC[C@H](O)[C@@H](C)[C@H]1O[C@@H]1C[C@H](C)/C=C/C=C(\C)[C@H]1OC(=O)C[C@H](C)CC[C@@](C)(O)[C@@H](OC(=O)N2CC[N+]3(CCCCCC3)CC2)/C=C/[C@@H]1C. The first-order valence-electron chi connectivity index (χ1n) is 19.3. The van der Waals surface area contributed by atoms with E-state index in [0.29, 0.717) is 25.9 Å². The van der Waals surface area contributed by atoms with Gasteiger partial charge in [0.2, 0.25) is 0 Å². The number of hydrogen-bond donors (Lipinski definition) is 2. The van der Waals surface area contributed by atoms with Gasteiger partial charge in [-0.15, -0.1) is 0 Å². The highest BCUT2D eigenvalue weighted by molar-refractivity contribution is 5.70. The number of quaternary nitrogens is 1. The molecule has 4 rings (SSSR count). The van der Waals surface area contributed by atoms with Crippen molar-refractivity contribution in [1.82, 2.24) is 4.90 Å². The monoisotopic (exact) mass is 687 g/mol. The highest BCUT2D eigenvalue weighted by Crippen LogP contribution is 2.36. The molecule has 9 nitrogen and oxygen atoms in total.